The van der Waals surface area contributed by atoms with Crippen molar-refractivity contribution in [1.29, 1.82) is 0 Å². The Bertz CT molecular complexity index is 494. The van der Waals surface area contributed by atoms with E-state index >= 15 is 0 Å². The molecule has 21 heavy (non-hydrogen) atoms. The maximum atomic E-state index is 13.3. The summed E-state index contributed by atoms with van der Waals surface area (Å²) in [6, 6.07) is 4.13. The lowest BCUT2D eigenvalue weighted by atomic mass is 9.69. The predicted molar refractivity (Wildman–Crippen MR) is 84.3 cm³/mol. The number of amides is 1. The molecule has 1 aromatic carbocycles. The van der Waals surface area contributed by atoms with Gasteiger partial charge in [0.25, 0.3) is 0 Å². The van der Waals surface area contributed by atoms with Crippen molar-refractivity contribution in [2.45, 2.75) is 46.5 Å². The van der Waals surface area contributed by atoms with Gasteiger partial charge in [-0.25, -0.2) is 4.39 Å². The fourth-order valence-corrected chi connectivity index (χ4v) is 3.15. The van der Waals surface area contributed by atoms with Gasteiger partial charge < -0.3 is 11.1 Å². The number of carbonyl (C=O) groups is 1. The first-order valence-corrected chi connectivity index (χ1v) is 7.62. The third-order valence-electron chi connectivity index (χ3n) is 4.51. The molecule has 2 rings (SSSR count). The second kappa shape index (κ2) is 6.04. The number of rotatable bonds is 2. The molecular weight excluding hydrogens is 267 g/mol. The molecule has 0 aliphatic heterocycles. The van der Waals surface area contributed by atoms with E-state index in [-0.39, 0.29) is 11.8 Å². The summed E-state index contributed by atoms with van der Waals surface area (Å²) in [6.07, 6.45) is 3.96. The van der Waals surface area contributed by atoms with E-state index in [0.29, 0.717) is 22.7 Å². The fourth-order valence-electron chi connectivity index (χ4n) is 3.15. The molecule has 1 aliphatic carbocycles. The van der Waals surface area contributed by atoms with Crippen LogP contribution in [0.1, 0.15) is 46.5 Å². The molecule has 3 nitrogen and oxygen atoms in total. The molecule has 0 spiro atoms. The molecule has 0 saturated heterocycles. The Labute approximate surface area is 126 Å². The van der Waals surface area contributed by atoms with Crippen LogP contribution >= 0.6 is 0 Å². The molecule has 1 saturated carbocycles. The highest BCUT2D eigenvalue weighted by Crippen LogP contribution is 2.40. The summed E-state index contributed by atoms with van der Waals surface area (Å²) in [6.45, 7) is 6.77. The van der Waals surface area contributed by atoms with Crippen molar-refractivity contribution in [2.24, 2.45) is 17.3 Å². The van der Waals surface area contributed by atoms with Crippen LogP contribution in [-0.2, 0) is 4.79 Å². The van der Waals surface area contributed by atoms with Gasteiger partial charge in [0.2, 0.25) is 5.91 Å². The number of benzene rings is 1. The number of hydrogen-bond acceptors (Lipinski definition) is 2. The standard InChI is InChI=1S/C17H25FN2O/c1-17(2,3)12-6-4-11(5-7-12)16(21)20-15-9-13(18)8-14(19)10-15/h8-12H,4-7,19H2,1-3H3,(H,20,21). The molecule has 1 fully saturated rings. The number of anilines is 2. The fraction of sp³-hybridized carbons (Fsp3) is 0.588. The molecular formula is C17H25FN2O. The van der Waals surface area contributed by atoms with Gasteiger partial charge in [-0.15, -0.1) is 0 Å². The molecule has 0 atom stereocenters. The van der Waals surface area contributed by atoms with Gasteiger partial charge in [-0.3, -0.25) is 4.79 Å². The van der Waals surface area contributed by atoms with Crippen LogP contribution in [0.25, 0.3) is 0 Å². The Morgan fingerprint density at radius 1 is 1.19 bits per heavy atom. The van der Waals surface area contributed by atoms with Gasteiger partial charge in [-0.05, 0) is 55.2 Å². The van der Waals surface area contributed by atoms with Crippen LogP contribution in [0, 0.1) is 23.1 Å². The largest absolute Gasteiger partial charge is 0.399 e. The first kappa shape index (κ1) is 15.8. The average Bonchev–Trinajstić information content (AvgIpc) is 2.36. The SMILES string of the molecule is CC(C)(C)C1CCC(C(=O)Nc2cc(N)cc(F)c2)CC1. The van der Waals surface area contributed by atoms with Crippen molar-refractivity contribution in [3.63, 3.8) is 0 Å². The van der Waals surface area contributed by atoms with Crippen molar-refractivity contribution in [3.8, 4) is 0 Å². The van der Waals surface area contributed by atoms with E-state index in [1.165, 1.54) is 12.1 Å². The Kier molecular flexibility index (Phi) is 4.55. The quantitative estimate of drug-likeness (QED) is 0.803. The summed E-state index contributed by atoms with van der Waals surface area (Å²) in [7, 11) is 0. The van der Waals surface area contributed by atoms with Crippen molar-refractivity contribution < 1.29 is 9.18 Å². The summed E-state index contributed by atoms with van der Waals surface area (Å²) in [5.41, 5.74) is 6.65. The van der Waals surface area contributed by atoms with Crippen molar-refractivity contribution >= 4 is 17.3 Å². The highest BCUT2D eigenvalue weighted by molar-refractivity contribution is 5.93. The van der Waals surface area contributed by atoms with Crippen LogP contribution in [0.2, 0.25) is 0 Å². The minimum Gasteiger partial charge on any atom is -0.399 e. The monoisotopic (exact) mass is 292 g/mol. The highest BCUT2D eigenvalue weighted by atomic mass is 19.1. The van der Waals surface area contributed by atoms with Crippen molar-refractivity contribution in [1.82, 2.24) is 0 Å². The Hall–Kier alpha value is -1.58. The minimum absolute atomic E-state index is 0.0210. The van der Waals surface area contributed by atoms with Gasteiger partial charge in [0.15, 0.2) is 0 Å². The van der Waals surface area contributed by atoms with E-state index in [4.69, 9.17) is 5.73 Å². The summed E-state index contributed by atoms with van der Waals surface area (Å²) in [5.74, 6) is 0.244. The van der Waals surface area contributed by atoms with Crippen LogP contribution in [0.15, 0.2) is 18.2 Å². The number of hydrogen-bond donors (Lipinski definition) is 2. The van der Waals surface area contributed by atoms with Crippen LogP contribution in [0.3, 0.4) is 0 Å². The van der Waals surface area contributed by atoms with Gasteiger partial charge >= 0.3 is 0 Å². The summed E-state index contributed by atoms with van der Waals surface area (Å²) >= 11 is 0. The Balaban J connectivity index is 1.93. The normalized spacial score (nSPS) is 22.9. The van der Waals surface area contributed by atoms with Gasteiger partial charge in [0.05, 0.1) is 0 Å². The second-order valence-corrected chi connectivity index (χ2v) is 7.18. The lowest BCUT2D eigenvalue weighted by Gasteiger charge is -2.36. The van der Waals surface area contributed by atoms with E-state index < -0.39 is 5.82 Å². The summed E-state index contributed by atoms with van der Waals surface area (Å²) in [4.78, 5) is 12.3. The van der Waals surface area contributed by atoms with E-state index in [0.717, 1.165) is 25.7 Å². The molecule has 0 unspecified atom stereocenters. The molecule has 1 aromatic rings. The third-order valence-corrected chi connectivity index (χ3v) is 4.51. The smallest absolute Gasteiger partial charge is 0.227 e. The Morgan fingerprint density at radius 3 is 2.33 bits per heavy atom. The second-order valence-electron chi connectivity index (χ2n) is 7.18. The van der Waals surface area contributed by atoms with Crippen molar-refractivity contribution in [2.75, 3.05) is 11.1 Å². The highest BCUT2D eigenvalue weighted by Gasteiger charge is 2.32. The zero-order chi connectivity index (χ0) is 15.6. The van der Waals surface area contributed by atoms with Crippen LogP contribution < -0.4 is 11.1 Å². The van der Waals surface area contributed by atoms with E-state index in [1.807, 2.05) is 0 Å². The summed E-state index contributed by atoms with van der Waals surface area (Å²) < 4.78 is 13.3. The van der Waals surface area contributed by atoms with Crippen molar-refractivity contribution in [3.05, 3.63) is 24.0 Å². The topological polar surface area (TPSA) is 55.1 Å². The minimum atomic E-state index is -0.429. The van der Waals surface area contributed by atoms with Gasteiger partial charge in [0, 0.05) is 17.3 Å². The summed E-state index contributed by atoms with van der Waals surface area (Å²) in [5, 5.41) is 2.79. The molecule has 0 heterocycles. The first-order chi connectivity index (χ1) is 9.75. The van der Waals surface area contributed by atoms with Crippen LogP contribution in [0.5, 0.6) is 0 Å². The van der Waals surface area contributed by atoms with E-state index in [2.05, 4.69) is 26.1 Å². The maximum absolute atomic E-state index is 13.3. The molecule has 0 radical (unpaired) electrons. The Morgan fingerprint density at radius 2 is 1.81 bits per heavy atom. The molecule has 1 aliphatic rings. The third kappa shape index (κ3) is 4.19. The van der Waals surface area contributed by atoms with Gasteiger partial charge in [-0.2, -0.15) is 0 Å². The van der Waals surface area contributed by atoms with Gasteiger partial charge in [-0.1, -0.05) is 20.8 Å². The molecule has 3 N–H and O–H groups in total. The average molecular weight is 292 g/mol. The first-order valence-electron chi connectivity index (χ1n) is 7.62. The maximum Gasteiger partial charge on any atom is 0.227 e. The lowest BCUT2D eigenvalue weighted by Crippen LogP contribution is -2.31. The van der Waals surface area contributed by atoms with Gasteiger partial charge in [0.1, 0.15) is 5.82 Å². The lowest BCUT2D eigenvalue weighted by molar-refractivity contribution is -0.121. The molecule has 0 bridgehead atoms. The number of halogens is 1. The van der Waals surface area contributed by atoms with E-state index in [1.54, 1.807) is 6.07 Å². The number of carbonyl (C=O) groups excluding carboxylic acids is 1. The number of nitrogen functional groups attached to an aromatic ring is 1. The zero-order valence-electron chi connectivity index (χ0n) is 13.1. The van der Waals surface area contributed by atoms with Crippen LogP contribution in [-0.4, -0.2) is 5.91 Å². The molecule has 116 valence electrons. The number of nitrogens with one attached hydrogen (secondary N) is 1. The molecule has 0 aromatic heterocycles. The zero-order valence-corrected chi connectivity index (χ0v) is 13.1. The molecule has 4 heteroatoms. The molecule has 1 amide bonds. The predicted octanol–water partition coefficient (Wildman–Crippen LogP) is 4.20. The van der Waals surface area contributed by atoms with E-state index in [9.17, 15) is 9.18 Å². The number of nitrogens with two attached hydrogens (primary N) is 1. The van der Waals surface area contributed by atoms with Crippen LogP contribution in [0.4, 0.5) is 15.8 Å².